The number of hydrogen-bond acceptors (Lipinski definition) is 5. The van der Waals surface area contributed by atoms with Crippen molar-refractivity contribution < 1.29 is 22.8 Å². The van der Waals surface area contributed by atoms with Gasteiger partial charge in [-0.1, -0.05) is 19.9 Å². The molecule has 0 saturated heterocycles. The zero-order chi connectivity index (χ0) is 17.4. The molecule has 5 nitrogen and oxygen atoms in total. The maximum Gasteiger partial charge on any atom is 0.168 e. The van der Waals surface area contributed by atoms with Gasteiger partial charge in [-0.05, 0) is 27.7 Å². The Hall–Kier alpha value is -0.950. The van der Waals surface area contributed by atoms with Crippen molar-refractivity contribution in [2.45, 2.75) is 41.5 Å². The topological polar surface area (TPSA) is 85.3 Å². The van der Waals surface area contributed by atoms with Gasteiger partial charge in [-0.15, -0.1) is 0 Å². The van der Waals surface area contributed by atoms with E-state index >= 15 is 0 Å². The molecule has 124 valence electrons. The summed E-state index contributed by atoms with van der Waals surface area (Å²) in [5, 5.41) is 0. The monoisotopic (exact) mass is 338 g/mol. The van der Waals surface area contributed by atoms with Crippen molar-refractivity contribution >= 4 is 39.5 Å². The van der Waals surface area contributed by atoms with E-state index in [-0.39, 0.29) is 17.3 Å². The Morgan fingerprint density at radius 3 is 1.52 bits per heavy atom. The van der Waals surface area contributed by atoms with Crippen LogP contribution in [0.4, 0.5) is 0 Å². The maximum atomic E-state index is 11.0. The fourth-order valence-electron chi connectivity index (χ4n) is 0.979. The first-order valence-corrected chi connectivity index (χ1v) is 9.32. The van der Waals surface area contributed by atoms with Crippen molar-refractivity contribution in [1.82, 2.24) is 0 Å². The summed E-state index contributed by atoms with van der Waals surface area (Å²) in [5.74, 6) is 1.22. The molecule has 0 saturated carbocycles. The van der Waals surface area contributed by atoms with Gasteiger partial charge in [0.2, 0.25) is 0 Å². The predicted octanol–water partition coefficient (Wildman–Crippen LogP) is 1.80. The molecule has 0 aromatic carbocycles. The Morgan fingerprint density at radius 2 is 1.43 bits per heavy atom. The van der Waals surface area contributed by atoms with E-state index in [4.69, 9.17) is 4.79 Å². The van der Waals surface area contributed by atoms with Crippen LogP contribution in [0, 0.1) is 0 Å². The second-order valence-electron chi connectivity index (χ2n) is 3.65. The third-order valence-electron chi connectivity index (χ3n) is 1.80. The summed E-state index contributed by atoms with van der Waals surface area (Å²) in [6, 6.07) is 0. The molecule has 0 aliphatic heterocycles. The van der Waals surface area contributed by atoms with Crippen LogP contribution >= 0.6 is 0 Å². The molecule has 0 rings (SSSR count). The lowest BCUT2D eigenvalue weighted by Gasteiger charge is -1.97. The van der Waals surface area contributed by atoms with Gasteiger partial charge < -0.3 is 4.79 Å². The molecule has 0 spiro atoms. The summed E-state index contributed by atoms with van der Waals surface area (Å²) >= 11 is 0. The molecule has 0 N–H and O–H groups in total. The highest BCUT2D eigenvalue weighted by atomic mass is 32.2. The van der Waals surface area contributed by atoms with Gasteiger partial charge in [0.25, 0.3) is 0 Å². The molecule has 2 unspecified atom stereocenters. The van der Waals surface area contributed by atoms with Gasteiger partial charge in [0.05, 0.1) is 21.5 Å². The van der Waals surface area contributed by atoms with E-state index in [0.29, 0.717) is 16.4 Å². The molecule has 0 aromatic rings. The molecule has 0 fully saturated rings. The lowest BCUT2D eigenvalue weighted by molar-refractivity contribution is -0.115. The van der Waals surface area contributed by atoms with Crippen LogP contribution in [-0.4, -0.2) is 43.5 Å². The van der Waals surface area contributed by atoms with Crippen molar-refractivity contribution in [2.24, 2.45) is 0 Å². The number of ketones is 2. The minimum atomic E-state index is -1.08. The molecular weight excluding hydrogens is 312 g/mol. The fraction of sp³-hybridized carbons (Fsp3) is 0.643. The normalized spacial score (nSPS) is 12.8. The van der Waals surface area contributed by atoms with Crippen molar-refractivity contribution in [3.8, 4) is 0 Å². The highest BCUT2D eigenvalue weighted by Gasteiger charge is 2.07. The first-order chi connectivity index (χ1) is 9.71. The number of rotatable bonds is 6. The standard InChI is InChI=1S/C7H12O2S.C5H10O2S.C2H4O/c1-4-7(6(3)8)10(9)5-2;1-3-8(7)4-5(2)6;1-2-3/h4H,5H2,1-3H3;3-4H2,1-2H3;2H,1H3/b7-4+;;. The SMILES string of the molecule is C/C=C(\C(C)=O)S(=O)CC.CC=O.CCS(=O)CC(C)=O. The van der Waals surface area contributed by atoms with Gasteiger partial charge in [-0.2, -0.15) is 0 Å². The number of aldehydes is 1. The maximum absolute atomic E-state index is 11.0. The number of carbonyl (C=O) groups excluding carboxylic acids is 3. The highest BCUT2D eigenvalue weighted by molar-refractivity contribution is 7.90. The van der Waals surface area contributed by atoms with Crippen LogP contribution in [0.2, 0.25) is 0 Å². The molecule has 0 aromatic heterocycles. The zero-order valence-electron chi connectivity index (χ0n) is 13.6. The molecule has 0 heterocycles. The first kappa shape index (κ1) is 25.0. The Bertz CT molecular complexity index is 400. The predicted molar refractivity (Wildman–Crippen MR) is 89.1 cm³/mol. The molecule has 0 radical (unpaired) electrons. The molecule has 0 aliphatic carbocycles. The summed E-state index contributed by atoms with van der Waals surface area (Å²) < 4.78 is 21.5. The van der Waals surface area contributed by atoms with Crippen molar-refractivity contribution in [3.05, 3.63) is 11.0 Å². The molecule has 0 bridgehead atoms. The lowest BCUT2D eigenvalue weighted by Crippen LogP contribution is -2.07. The van der Waals surface area contributed by atoms with Gasteiger partial charge in [0.15, 0.2) is 5.78 Å². The van der Waals surface area contributed by atoms with Gasteiger partial charge in [0, 0.05) is 22.3 Å². The third kappa shape index (κ3) is 19.0. The van der Waals surface area contributed by atoms with Crippen LogP contribution in [0.1, 0.15) is 41.5 Å². The van der Waals surface area contributed by atoms with E-state index < -0.39 is 21.6 Å². The van der Waals surface area contributed by atoms with Gasteiger partial charge in [-0.3, -0.25) is 18.0 Å². The summed E-state index contributed by atoms with van der Waals surface area (Å²) in [4.78, 5) is 30.2. The third-order valence-corrected chi connectivity index (χ3v) is 4.71. The number of hydrogen-bond donors (Lipinski definition) is 0. The zero-order valence-corrected chi connectivity index (χ0v) is 15.3. The van der Waals surface area contributed by atoms with Crippen molar-refractivity contribution in [1.29, 1.82) is 0 Å². The molecule has 0 amide bonds. The largest absolute Gasteiger partial charge is 0.304 e. The average Bonchev–Trinajstić information content (AvgIpc) is 2.39. The molecule has 0 aliphatic rings. The van der Waals surface area contributed by atoms with Gasteiger partial charge >= 0.3 is 0 Å². The average molecular weight is 338 g/mol. The Kier molecular flexibility index (Phi) is 20.4. The number of carbonyl (C=O) groups is 3. The van der Waals surface area contributed by atoms with Crippen LogP contribution in [0.3, 0.4) is 0 Å². The summed E-state index contributed by atoms with van der Waals surface area (Å²) in [6.07, 6.45) is 2.36. The van der Waals surface area contributed by atoms with Gasteiger partial charge in [-0.25, -0.2) is 0 Å². The van der Waals surface area contributed by atoms with Crippen molar-refractivity contribution in [2.75, 3.05) is 17.3 Å². The number of allylic oxidation sites excluding steroid dienone is 2. The minimum Gasteiger partial charge on any atom is -0.304 e. The van der Waals surface area contributed by atoms with E-state index in [1.807, 2.05) is 0 Å². The van der Waals surface area contributed by atoms with E-state index in [9.17, 15) is 18.0 Å². The molecular formula is C14H26O5S2. The van der Waals surface area contributed by atoms with Crippen LogP contribution < -0.4 is 0 Å². The van der Waals surface area contributed by atoms with Crippen molar-refractivity contribution in [3.63, 3.8) is 0 Å². The quantitative estimate of drug-likeness (QED) is 0.544. The second kappa shape index (κ2) is 17.1. The second-order valence-corrected chi connectivity index (χ2v) is 7.11. The minimum absolute atomic E-state index is 0.00480. The van der Waals surface area contributed by atoms with E-state index in [1.165, 1.54) is 20.8 Å². The van der Waals surface area contributed by atoms with Crippen LogP contribution in [0.15, 0.2) is 11.0 Å². The summed E-state index contributed by atoms with van der Waals surface area (Å²) in [5.41, 5.74) is 0. The highest BCUT2D eigenvalue weighted by Crippen LogP contribution is 2.02. The molecule has 21 heavy (non-hydrogen) atoms. The van der Waals surface area contributed by atoms with Crippen LogP contribution in [0.5, 0.6) is 0 Å². The van der Waals surface area contributed by atoms with Crippen LogP contribution in [0.25, 0.3) is 0 Å². The van der Waals surface area contributed by atoms with Crippen LogP contribution in [-0.2, 0) is 36.0 Å². The van der Waals surface area contributed by atoms with E-state index in [1.54, 1.807) is 26.8 Å². The molecule has 2 atom stereocenters. The smallest absolute Gasteiger partial charge is 0.168 e. The number of Topliss-reactive ketones (excluding diaryl/α,β-unsaturated/α-hetero) is 2. The van der Waals surface area contributed by atoms with E-state index in [2.05, 4.69) is 0 Å². The first-order valence-electron chi connectivity index (χ1n) is 6.51. The fourth-order valence-corrected chi connectivity index (χ4v) is 2.53. The Balaban J connectivity index is -0.000000264. The summed E-state index contributed by atoms with van der Waals surface area (Å²) in [7, 11) is -1.99. The summed E-state index contributed by atoms with van der Waals surface area (Å²) in [6.45, 7) is 9.66. The lowest BCUT2D eigenvalue weighted by atomic mass is 10.4. The molecule has 7 heteroatoms. The Labute approximate surface area is 132 Å². The Morgan fingerprint density at radius 1 is 1.00 bits per heavy atom. The van der Waals surface area contributed by atoms with Gasteiger partial charge in [0.1, 0.15) is 12.1 Å². The van der Waals surface area contributed by atoms with E-state index in [0.717, 1.165) is 6.29 Å².